The molecule has 0 aliphatic heterocycles. The molecule has 1 heterocycles. The van der Waals surface area contributed by atoms with Crippen molar-refractivity contribution in [1.29, 1.82) is 0 Å². The molecule has 0 aliphatic carbocycles. The predicted molar refractivity (Wildman–Crippen MR) is 113 cm³/mol. The van der Waals surface area contributed by atoms with Crippen molar-refractivity contribution in [2.24, 2.45) is 0 Å². The van der Waals surface area contributed by atoms with E-state index in [2.05, 4.69) is 10.3 Å². The first-order valence-electron chi connectivity index (χ1n) is 9.43. The number of rotatable bonds is 9. The smallest absolute Gasteiger partial charge is 0.543 e. The van der Waals surface area contributed by atoms with E-state index in [1.54, 1.807) is 36.4 Å². The van der Waals surface area contributed by atoms with Gasteiger partial charge in [-0.2, -0.15) is 0 Å². The Balaban J connectivity index is 0.00000363. The number of hydrogen-bond acceptors (Lipinski definition) is 7. The van der Waals surface area contributed by atoms with Gasteiger partial charge < -0.3 is 20.3 Å². The van der Waals surface area contributed by atoms with Gasteiger partial charge >= 0.3 is 29.6 Å². The van der Waals surface area contributed by atoms with Crippen molar-refractivity contribution < 1.29 is 53.0 Å². The minimum absolute atomic E-state index is 0. The Hall–Kier alpha value is -1.78. The first-order valence-corrected chi connectivity index (χ1v) is 11.3. The van der Waals surface area contributed by atoms with E-state index in [0.717, 1.165) is 23.4 Å². The van der Waals surface area contributed by atoms with E-state index in [4.69, 9.17) is 11.6 Å². The molecule has 7 nitrogen and oxygen atoms in total. The number of hydrogen-bond donors (Lipinski definition) is 2. The molecule has 0 unspecified atom stereocenters. The Morgan fingerprint density at radius 3 is 2.47 bits per heavy atom. The summed E-state index contributed by atoms with van der Waals surface area (Å²) in [6, 6.07) is 15.6. The van der Waals surface area contributed by atoms with Crippen LogP contribution in [0, 0.1) is 0 Å². The van der Waals surface area contributed by atoms with Crippen LogP contribution in [0.5, 0.6) is 0 Å². The summed E-state index contributed by atoms with van der Waals surface area (Å²) in [6.45, 7) is 0.943. The Morgan fingerprint density at radius 1 is 1.09 bits per heavy atom. The molecule has 0 saturated heterocycles. The van der Waals surface area contributed by atoms with Gasteiger partial charge in [0.1, 0.15) is 0 Å². The normalized spacial score (nSPS) is 12.1. The Morgan fingerprint density at radius 2 is 1.81 bits per heavy atom. The number of aliphatic hydroxyl groups is 1. The van der Waals surface area contributed by atoms with Crippen LogP contribution >= 0.6 is 11.6 Å². The minimum Gasteiger partial charge on any atom is -0.543 e. The topological polar surface area (TPSA) is 119 Å². The van der Waals surface area contributed by atoms with Gasteiger partial charge in [-0.05, 0) is 60.5 Å². The molecule has 0 radical (unpaired) electrons. The summed E-state index contributed by atoms with van der Waals surface area (Å²) in [5.74, 6) is -1.54. The molecule has 0 aliphatic rings. The SMILES string of the molecule is O=C([O-])c1cc(S(=O)(=O)c2ccc(CCNC[C@H](O)c3cccc(Cl)c3)cc2)ccn1.[Na+]. The van der Waals surface area contributed by atoms with Gasteiger partial charge in [0, 0.05) is 17.8 Å². The van der Waals surface area contributed by atoms with E-state index in [9.17, 15) is 23.4 Å². The van der Waals surface area contributed by atoms with Crippen LogP contribution in [0.4, 0.5) is 0 Å². The number of nitrogens with one attached hydrogen (secondary N) is 1. The number of halogens is 1. The number of aliphatic hydroxyl groups excluding tert-OH is 1. The summed E-state index contributed by atoms with van der Waals surface area (Å²) in [7, 11) is -3.87. The van der Waals surface area contributed by atoms with Crippen molar-refractivity contribution in [2.45, 2.75) is 22.3 Å². The molecule has 0 bridgehead atoms. The standard InChI is InChI=1S/C22H21ClN2O5S.Na/c23-17-3-1-2-16(12-17)21(26)14-24-10-8-15-4-6-18(7-5-15)31(29,30)19-9-11-25-20(13-19)22(27)28;/h1-7,9,11-13,21,24,26H,8,10,14H2,(H,27,28);/q;+1/p-1/t21-;/m0./s1. The number of sulfone groups is 1. The summed E-state index contributed by atoms with van der Waals surface area (Å²) in [5.41, 5.74) is 1.20. The number of pyridine rings is 1. The molecule has 0 fully saturated rings. The van der Waals surface area contributed by atoms with E-state index < -0.39 is 27.6 Å². The maximum atomic E-state index is 12.7. The van der Waals surface area contributed by atoms with Crippen molar-refractivity contribution >= 4 is 27.4 Å². The number of aromatic carboxylic acids is 1. The summed E-state index contributed by atoms with van der Waals surface area (Å²) < 4.78 is 25.4. The fraction of sp³-hybridized carbons (Fsp3) is 0.182. The average molecular weight is 483 g/mol. The summed E-state index contributed by atoms with van der Waals surface area (Å²) in [5, 5.41) is 24.8. The quantitative estimate of drug-likeness (QED) is 0.290. The maximum absolute atomic E-state index is 12.7. The number of carbonyl (C=O) groups is 1. The van der Waals surface area contributed by atoms with Gasteiger partial charge in [-0.1, -0.05) is 35.9 Å². The van der Waals surface area contributed by atoms with Crippen molar-refractivity contribution in [3.05, 3.63) is 88.7 Å². The maximum Gasteiger partial charge on any atom is 1.00 e. The van der Waals surface area contributed by atoms with E-state index in [1.807, 2.05) is 0 Å². The Labute approximate surface area is 213 Å². The van der Waals surface area contributed by atoms with Gasteiger partial charge in [-0.25, -0.2) is 8.42 Å². The van der Waals surface area contributed by atoms with E-state index in [-0.39, 0.29) is 39.3 Å². The third-order valence-electron chi connectivity index (χ3n) is 4.65. The number of carboxylic acids is 1. The molecule has 162 valence electrons. The van der Waals surface area contributed by atoms with Crippen LogP contribution in [0.2, 0.25) is 5.02 Å². The van der Waals surface area contributed by atoms with E-state index in [1.165, 1.54) is 18.2 Å². The van der Waals surface area contributed by atoms with Crippen molar-refractivity contribution in [3.8, 4) is 0 Å². The minimum atomic E-state index is -3.87. The third kappa shape index (κ3) is 6.86. The van der Waals surface area contributed by atoms with Crippen molar-refractivity contribution in [1.82, 2.24) is 10.3 Å². The van der Waals surface area contributed by atoms with Crippen molar-refractivity contribution in [3.63, 3.8) is 0 Å². The molecule has 1 aromatic heterocycles. The van der Waals surface area contributed by atoms with Crippen LogP contribution in [-0.4, -0.2) is 37.6 Å². The second-order valence-electron chi connectivity index (χ2n) is 6.84. The van der Waals surface area contributed by atoms with Crippen LogP contribution in [0.15, 0.2) is 76.7 Å². The van der Waals surface area contributed by atoms with Gasteiger partial charge in [-0.3, -0.25) is 4.98 Å². The summed E-state index contributed by atoms with van der Waals surface area (Å²) in [6.07, 6.45) is 1.07. The van der Waals surface area contributed by atoms with Crippen molar-refractivity contribution in [2.75, 3.05) is 13.1 Å². The second-order valence-corrected chi connectivity index (χ2v) is 9.22. The van der Waals surface area contributed by atoms with E-state index >= 15 is 0 Å². The molecule has 2 N–H and O–H groups in total. The number of carboxylic acid groups (broad SMARTS) is 1. The molecule has 3 aromatic rings. The molecular formula is C22H20ClN2NaO5S. The zero-order chi connectivity index (χ0) is 22.4. The largest absolute Gasteiger partial charge is 1.00 e. The molecule has 0 amide bonds. The molecule has 3 rings (SSSR count). The average Bonchev–Trinajstić information content (AvgIpc) is 2.77. The van der Waals surface area contributed by atoms with E-state index in [0.29, 0.717) is 24.5 Å². The summed E-state index contributed by atoms with van der Waals surface area (Å²) in [4.78, 5) is 14.4. The fourth-order valence-electron chi connectivity index (χ4n) is 2.96. The van der Waals surface area contributed by atoms with Gasteiger partial charge in [0.25, 0.3) is 0 Å². The van der Waals surface area contributed by atoms with Crippen LogP contribution < -0.4 is 40.0 Å². The predicted octanol–water partition coefficient (Wildman–Crippen LogP) is -1.20. The zero-order valence-electron chi connectivity index (χ0n) is 17.4. The molecule has 2 aromatic carbocycles. The second kappa shape index (κ2) is 11.9. The summed E-state index contributed by atoms with van der Waals surface area (Å²) >= 11 is 5.93. The Kier molecular flexibility index (Phi) is 9.84. The van der Waals surface area contributed by atoms with Gasteiger partial charge in [0.15, 0.2) is 0 Å². The van der Waals surface area contributed by atoms with Crippen LogP contribution in [0.25, 0.3) is 0 Å². The fourth-order valence-corrected chi connectivity index (χ4v) is 4.44. The number of carbonyl (C=O) groups excluding carboxylic acids is 1. The number of benzene rings is 2. The van der Waals surface area contributed by atoms with Gasteiger partial charge in [0.05, 0.1) is 27.6 Å². The molecule has 0 spiro atoms. The molecule has 32 heavy (non-hydrogen) atoms. The van der Waals surface area contributed by atoms with Crippen LogP contribution in [-0.2, 0) is 16.3 Å². The Bertz CT molecular complexity index is 1170. The molecule has 0 saturated carbocycles. The zero-order valence-corrected chi connectivity index (χ0v) is 20.9. The van der Waals surface area contributed by atoms with Crippen LogP contribution in [0.3, 0.4) is 0 Å². The number of nitrogens with zero attached hydrogens (tertiary/aromatic N) is 1. The monoisotopic (exact) mass is 482 g/mol. The number of aromatic nitrogens is 1. The molecule has 1 atom stereocenters. The molecular weight excluding hydrogens is 463 g/mol. The first kappa shape index (κ1) is 26.5. The molecule has 10 heteroatoms. The first-order chi connectivity index (χ1) is 14.8. The van der Waals surface area contributed by atoms with Gasteiger partial charge in [0.2, 0.25) is 9.84 Å². The third-order valence-corrected chi connectivity index (χ3v) is 6.65. The van der Waals surface area contributed by atoms with Gasteiger partial charge in [-0.15, -0.1) is 0 Å². The van der Waals surface area contributed by atoms with Crippen LogP contribution in [0.1, 0.15) is 27.7 Å².